The first kappa shape index (κ1) is 9.97. The first-order valence-corrected chi connectivity index (χ1v) is 5.13. The highest BCUT2D eigenvalue weighted by atomic mass is 16.5. The fourth-order valence-corrected chi connectivity index (χ4v) is 1.89. The Balaban J connectivity index is 2.15. The molecular formula is C13H14O2. The molecule has 0 amide bonds. The number of carbonyl (C=O) groups is 1. The highest BCUT2D eigenvalue weighted by molar-refractivity contribution is 5.91. The molecule has 15 heavy (non-hydrogen) atoms. The molecule has 0 N–H and O–H groups in total. The molecule has 2 rings (SSSR count). The zero-order valence-electron chi connectivity index (χ0n) is 8.77. The standard InChI is InChI=1S/C13H14O2/c1-15-13-7-5-10(6-8-13)11-3-2-4-12(14)9-11/h2,4-8,11H,3,9H2,1H3. The van der Waals surface area contributed by atoms with Gasteiger partial charge in [0.1, 0.15) is 5.75 Å². The van der Waals surface area contributed by atoms with Gasteiger partial charge < -0.3 is 4.74 Å². The molecule has 0 spiro atoms. The molecule has 0 aromatic heterocycles. The number of methoxy groups -OCH3 is 1. The van der Waals surface area contributed by atoms with Gasteiger partial charge in [-0.25, -0.2) is 0 Å². The van der Waals surface area contributed by atoms with Crippen molar-refractivity contribution in [3.05, 3.63) is 42.0 Å². The first-order chi connectivity index (χ1) is 7.29. The van der Waals surface area contributed by atoms with Crippen LogP contribution in [0.2, 0.25) is 0 Å². The zero-order valence-corrected chi connectivity index (χ0v) is 8.77. The van der Waals surface area contributed by atoms with E-state index in [9.17, 15) is 4.79 Å². The number of ether oxygens (including phenoxy) is 1. The van der Waals surface area contributed by atoms with E-state index in [1.165, 1.54) is 5.56 Å². The molecule has 2 nitrogen and oxygen atoms in total. The zero-order chi connectivity index (χ0) is 10.7. The average molecular weight is 202 g/mol. The van der Waals surface area contributed by atoms with Crippen LogP contribution in [0.3, 0.4) is 0 Å². The summed E-state index contributed by atoms with van der Waals surface area (Å²) in [5.74, 6) is 1.42. The SMILES string of the molecule is COc1ccc(C2CC=CC(=O)C2)cc1. The maximum Gasteiger partial charge on any atom is 0.155 e. The molecule has 1 unspecified atom stereocenters. The third kappa shape index (κ3) is 2.27. The van der Waals surface area contributed by atoms with E-state index >= 15 is 0 Å². The van der Waals surface area contributed by atoms with Crippen molar-refractivity contribution in [3.8, 4) is 5.75 Å². The number of ketones is 1. The highest BCUT2D eigenvalue weighted by Crippen LogP contribution is 2.28. The second-order valence-electron chi connectivity index (χ2n) is 3.78. The summed E-state index contributed by atoms with van der Waals surface area (Å²) in [6, 6.07) is 7.96. The minimum atomic E-state index is 0.224. The number of allylic oxidation sites excluding steroid dienone is 2. The highest BCUT2D eigenvalue weighted by Gasteiger charge is 2.16. The van der Waals surface area contributed by atoms with E-state index in [-0.39, 0.29) is 5.78 Å². The van der Waals surface area contributed by atoms with Crippen LogP contribution in [0.15, 0.2) is 36.4 Å². The van der Waals surface area contributed by atoms with Gasteiger partial charge in [-0.15, -0.1) is 0 Å². The predicted molar refractivity (Wildman–Crippen MR) is 59.1 cm³/mol. The molecule has 0 bridgehead atoms. The molecule has 0 saturated carbocycles. The van der Waals surface area contributed by atoms with Crippen molar-refractivity contribution in [2.24, 2.45) is 0 Å². The van der Waals surface area contributed by atoms with E-state index in [0.29, 0.717) is 12.3 Å². The van der Waals surface area contributed by atoms with Gasteiger partial charge in [0.25, 0.3) is 0 Å². The van der Waals surface area contributed by atoms with Gasteiger partial charge in [-0.2, -0.15) is 0 Å². The lowest BCUT2D eigenvalue weighted by Gasteiger charge is -2.17. The van der Waals surface area contributed by atoms with Gasteiger partial charge in [0, 0.05) is 6.42 Å². The van der Waals surface area contributed by atoms with Crippen molar-refractivity contribution in [3.63, 3.8) is 0 Å². The quantitative estimate of drug-likeness (QED) is 0.737. The maximum atomic E-state index is 11.3. The number of rotatable bonds is 2. The fourth-order valence-electron chi connectivity index (χ4n) is 1.89. The van der Waals surface area contributed by atoms with E-state index in [0.717, 1.165) is 12.2 Å². The summed E-state index contributed by atoms with van der Waals surface area (Å²) < 4.78 is 5.10. The van der Waals surface area contributed by atoms with Crippen molar-refractivity contribution in [1.82, 2.24) is 0 Å². The predicted octanol–water partition coefficient (Wildman–Crippen LogP) is 2.70. The normalized spacial score (nSPS) is 20.3. The monoisotopic (exact) mass is 202 g/mol. The summed E-state index contributed by atoms with van der Waals surface area (Å²) in [6.07, 6.45) is 5.22. The molecular weight excluding hydrogens is 188 g/mol. The molecule has 1 aromatic carbocycles. The Morgan fingerprint density at radius 3 is 2.60 bits per heavy atom. The Morgan fingerprint density at radius 1 is 1.27 bits per heavy atom. The lowest BCUT2D eigenvalue weighted by molar-refractivity contribution is -0.115. The van der Waals surface area contributed by atoms with Crippen LogP contribution >= 0.6 is 0 Å². The van der Waals surface area contributed by atoms with E-state index in [1.807, 2.05) is 30.3 Å². The Kier molecular flexibility index (Phi) is 2.86. The van der Waals surface area contributed by atoms with Gasteiger partial charge in [-0.1, -0.05) is 18.2 Å². The first-order valence-electron chi connectivity index (χ1n) is 5.13. The third-order valence-corrected chi connectivity index (χ3v) is 2.76. The van der Waals surface area contributed by atoms with Crippen molar-refractivity contribution >= 4 is 5.78 Å². The molecule has 78 valence electrons. The van der Waals surface area contributed by atoms with E-state index in [2.05, 4.69) is 0 Å². The van der Waals surface area contributed by atoms with Gasteiger partial charge in [-0.3, -0.25) is 4.79 Å². The van der Waals surface area contributed by atoms with Gasteiger partial charge in [0.05, 0.1) is 7.11 Å². The Morgan fingerprint density at radius 2 is 2.00 bits per heavy atom. The van der Waals surface area contributed by atoms with Crippen LogP contribution in [0, 0.1) is 0 Å². The summed E-state index contributed by atoms with van der Waals surface area (Å²) in [5.41, 5.74) is 1.22. The molecule has 2 heteroatoms. The van der Waals surface area contributed by atoms with E-state index < -0.39 is 0 Å². The molecule has 0 aliphatic heterocycles. The van der Waals surface area contributed by atoms with E-state index in [1.54, 1.807) is 13.2 Å². The van der Waals surface area contributed by atoms with Crippen LogP contribution in [-0.4, -0.2) is 12.9 Å². The average Bonchev–Trinajstić information content (AvgIpc) is 2.29. The van der Waals surface area contributed by atoms with Gasteiger partial charge >= 0.3 is 0 Å². The Bertz CT molecular complexity index is 376. The number of hydrogen-bond acceptors (Lipinski definition) is 2. The molecule has 0 fully saturated rings. The van der Waals surface area contributed by atoms with Crippen LogP contribution in [0.4, 0.5) is 0 Å². The fraction of sp³-hybridized carbons (Fsp3) is 0.308. The largest absolute Gasteiger partial charge is 0.497 e. The lowest BCUT2D eigenvalue weighted by Crippen LogP contribution is -2.08. The second kappa shape index (κ2) is 4.30. The van der Waals surface area contributed by atoms with Gasteiger partial charge in [-0.05, 0) is 36.1 Å². The second-order valence-corrected chi connectivity index (χ2v) is 3.78. The molecule has 1 aromatic rings. The molecule has 0 radical (unpaired) electrons. The van der Waals surface area contributed by atoms with Crippen molar-refractivity contribution in [1.29, 1.82) is 0 Å². The van der Waals surface area contributed by atoms with Crippen LogP contribution < -0.4 is 4.74 Å². The molecule has 1 atom stereocenters. The van der Waals surface area contributed by atoms with Crippen LogP contribution in [-0.2, 0) is 4.79 Å². The summed E-state index contributed by atoms with van der Waals surface area (Å²) in [7, 11) is 1.65. The van der Waals surface area contributed by atoms with Crippen molar-refractivity contribution in [2.75, 3.05) is 7.11 Å². The maximum absolute atomic E-state index is 11.3. The van der Waals surface area contributed by atoms with Gasteiger partial charge in [0.15, 0.2) is 5.78 Å². The smallest absolute Gasteiger partial charge is 0.155 e. The van der Waals surface area contributed by atoms with Crippen molar-refractivity contribution in [2.45, 2.75) is 18.8 Å². The summed E-state index contributed by atoms with van der Waals surface area (Å²) in [5, 5.41) is 0. The van der Waals surface area contributed by atoms with Crippen molar-refractivity contribution < 1.29 is 9.53 Å². The topological polar surface area (TPSA) is 26.3 Å². The lowest BCUT2D eigenvalue weighted by atomic mass is 9.87. The Hall–Kier alpha value is -1.57. The minimum Gasteiger partial charge on any atom is -0.497 e. The third-order valence-electron chi connectivity index (χ3n) is 2.76. The molecule has 1 aliphatic carbocycles. The van der Waals surface area contributed by atoms with Gasteiger partial charge in [0.2, 0.25) is 0 Å². The Labute approximate surface area is 89.6 Å². The number of benzene rings is 1. The summed E-state index contributed by atoms with van der Waals surface area (Å²) >= 11 is 0. The summed E-state index contributed by atoms with van der Waals surface area (Å²) in [4.78, 5) is 11.3. The van der Waals surface area contributed by atoms with Crippen LogP contribution in [0.25, 0.3) is 0 Å². The minimum absolute atomic E-state index is 0.224. The van der Waals surface area contributed by atoms with E-state index in [4.69, 9.17) is 4.74 Å². The molecule has 0 saturated heterocycles. The molecule has 0 heterocycles. The van der Waals surface area contributed by atoms with Crippen LogP contribution in [0.1, 0.15) is 24.3 Å². The molecule has 1 aliphatic rings. The number of carbonyl (C=O) groups excluding carboxylic acids is 1. The number of hydrogen-bond donors (Lipinski definition) is 0. The van der Waals surface area contributed by atoms with Crippen LogP contribution in [0.5, 0.6) is 5.75 Å². The summed E-state index contributed by atoms with van der Waals surface area (Å²) in [6.45, 7) is 0.